The third-order valence-electron chi connectivity index (χ3n) is 2.65. The second-order valence-corrected chi connectivity index (χ2v) is 6.34. The van der Waals surface area contributed by atoms with E-state index in [2.05, 4.69) is 0 Å². The van der Waals surface area contributed by atoms with Crippen molar-refractivity contribution in [3.63, 3.8) is 0 Å². The zero-order valence-electron chi connectivity index (χ0n) is 10.8. The monoisotopic (exact) mass is 287 g/mol. The van der Waals surface area contributed by atoms with Gasteiger partial charge in [0.05, 0.1) is 16.6 Å². The second-order valence-electron chi connectivity index (χ2n) is 4.30. The quantitative estimate of drug-likeness (QED) is 0.806. The van der Waals surface area contributed by atoms with Crippen molar-refractivity contribution in [2.45, 2.75) is 24.3 Å². The molecule has 0 aliphatic rings. The molecule has 1 unspecified atom stereocenters. The summed E-state index contributed by atoms with van der Waals surface area (Å²) in [6, 6.07) is 5.19. The predicted octanol–water partition coefficient (Wildman–Crippen LogP) is 0.776. The van der Waals surface area contributed by atoms with E-state index in [-0.39, 0.29) is 17.0 Å². The van der Waals surface area contributed by atoms with Gasteiger partial charge in [0.2, 0.25) is 10.0 Å². The van der Waals surface area contributed by atoms with E-state index in [1.807, 2.05) is 0 Å². The predicted molar refractivity (Wildman–Crippen MR) is 69.5 cm³/mol. The van der Waals surface area contributed by atoms with Crippen molar-refractivity contribution in [3.8, 4) is 0 Å². The van der Waals surface area contributed by atoms with E-state index in [4.69, 9.17) is 10.2 Å². The van der Waals surface area contributed by atoms with Crippen LogP contribution in [0.15, 0.2) is 29.2 Å². The van der Waals surface area contributed by atoms with Gasteiger partial charge in [-0.2, -0.15) is 0 Å². The number of rotatable bonds is 6. The van der Waals surface area contributed by atoms with Gasteiger partial charge in [0, 0.05) is 13.6 Å². The molecule has 1 aromatic carbocycles. The van der Waals surface area contributed by atoms with Crippen LogP contribution in [-0.2, 0) is 10.0 Å². The topological polar surface area (TPSA) is 94.9 Å². The van der Waals surface area contributed by atoms with Crippen molar-refractivity contribution in [2.75, 3.05) is 13.6 Å². The maximum absolute atomic E-state index is 12.2. The Labute approximate surface area is 112 Å². The van der Waals surface area contributed by atoms with Crippen LogP contribution in [0.2, 0.25) is 0 Å². The molecule has 0 radical (unpaired) electrons. The van der Waals surface area contributed by atoms with E-state index in [9.17, 15) is 13.2 Å². The van der Waals surface area contributed by atoms with E-state index in [0.29, 0.717) is 6.42 Å². The summed E-state index contributed by atoms with van der Waals surface area (Å²) in [5.41, 5.74) is -0.0787. The number of aliphatic hydroxyl groups is 1. The standard InChI is InChI=1S/C12H17NO5S/c1-9(14)6-7-13(2)19(17,18)11-5-3-4-10(8-11)12(15)16/h3-5,8-9,14H,6-7H2,1-2H3,(H,15,16). The van der Waals surface area contributed by atoms with Crippen LogP contribution in [0.5, 0.6) is 0 Å². The minimum absolute atomic E-state index is 0.0690. The smallest absolute Gasteiger partial charge is 0.335 e. The number of carboxylic acid groups (broad SMARTS) is 1. The molecule has 7 heteroatoms. The van der Waals surface area contributed by atoms with E-state index in [1.165, 1.54) is 25.2 Å². The fourth-order valence-electron chi connectivity index (χ4n) is 1.46. The van der Waals surface area contributed by atoms with Gasteiger partial charge in [-0.15, -0.1) is 0 Å². The zero-order chi connectivity index (χ0) is 14.6. The number of carboxylic acids is 1. The number of hydrogen-bond donors (Lipinski definition) is 2. The molecule has 19 heavy (non-hydrogen) atoms. The van der Waals surface area contributed by atoms with Crippen LogP contribution in [-0.4, -0.2) is 48.6 Å². The Morgan fingerprint density at radius 2 is 2.05 bits per heavy atom. The Morgan fingerprint density at radius 3 is 2.58 bits per heavy atom. The largest absolute Gasteiger partial charge is 0.478 e. The van der Waals surface area contributed by atoms with Crippen molar-refractivity contribution in [2.24, 2.45) is 0 Å². The van der Waals surface area contributed by atoms with Gasteiger partial charge < -0.3 is 10.2 Å². The lowest BCUT2D eigenvalue weighted by atomic mass is 10.2. The molecule has 1 atom stereocenters. The van der Waals surface area contributed by atoms with Gasteiger partial charge in [0.15, 0.2) is 0 Å². The first-order valence-corrected chi connectivity index (χ1v) is 7.17. The van der Waals surface area contributed by atoms with E-state index < -0.39 is 22.1 Å². The normalized spacial score (nSPS) is 13.5. The van der Waals surface area contributed by atoms with Crippen LogP contribution in [0.3, 0.4) is 0 Å². The molecule has 0 aliphatic carbocycles. The van der Waals surface area contributed by atoms with Crippen molar-refractivity contribution >= 4 is 16.0 Å². The lowest BCUT2D eigenvalue weighted by Gasteiger charge is -2.18. The minimum atomic E-state index is -3.73. The van der Waals surface area contributed by atoms with Crippen LogP contribution in [0.25, 0.3) is 0 Å². The number of nitrogens with zero attached hydrogens (tertiary/aromatic N) is 1. The highest BCUT2D eigenvalue weighted by Gasteiger charge is 2.21. The highest BCUT2D eigenvalue weighted by atomic mass is 32.2. The molecule has 6 nitrogen and oxygen atoms in total. The number of benzene rings is 1. The summed E-state index contributed by atoms with van der Waals surface area (Å²) >= 11 is 0. The van der Waals surface area contributed by atoms with Crippen LogP contribution in [0, 0.1) is 0 Å². The molecular weight excluding hydrogens is 270 g/mol. The fraction of sp³-hybridized carbons (Fsp3) is 0.417. The molecule has 106 valence electrons. The molecular formula is C12H17NO5S. The Kier molecular flexibility index (Phi) is 5.04. The molecule has 1 rings (SSSR count). The maximum atomic E-state index is 12.2. The van der Waals surface area contributed by atoms with Gasteiger partial charge >= 0.3 is 5.97 Å². The molecule has 0 saturated heterocycles. The van der Waals surface area contributed by atoms with Gasteiger partial charge in [-0.05, 0) is 31.5 Å². The van der Waals surface area contributed by atoms with Crippen molar-refractivity contribution < 1.29 is 23.4 Å². The Morgan fingerprint density at radius 1 is 1.42 bits per heavy atom. The number of hydrogen-bond acceptors (Lipinski definition) is 4. The second kappa shape index (κ2) is 6.14. The molecule has 0 amide bonds. The number of sulfonamides is 1. The maximum Gasteiger partial charge on any atom is 0.335 e. The van der Waals surface area contributed by atoms with Gasteiger partial charge in [-0.3, -0.25) is 0 Å². The highest BCUT2D eigenvalue weighted by molar-refractivity contribution is 7.89. The molecule has 0 fully saturated rings. The minimum Gasteiger partial charge on any atom is -0.478 e. The van der Waals surface area contributed by atoms with Crippen LogP contribution in [0.4, 0.5) is 0 Å². The first-order chi connectivity index (χ1) is 8.75. The SMILES string of the molecule is CC(O)CCN(C)S(=O)(=O)c1cccc(C(=O)O)c1. The van der Waals surface area contributed by atoms with E-state index >= 15 is 0 Å². The highest BCUT2D eigenvalue weighted by Crippen LogP contribution is 2.16. The summed E-state index contributed by atoms with van der Waals surface area (Å²) in [4.78, 5) is 10.8. The summed E-state index contributed by atoms with van der Waals surface area (Å²) in [5.74, 6) is -1.18. The molecule has 0 heterocycles. The van der Waals surface area contributed by atoms with Gasteiger partial charge in [-0.25, -0.2) is 17.5 Å². The lowest BCUT2D eigenvalue weighted by molar-refractivity contribution is 0.0696. The summed E-state index contributed by atoms with van der Waals surface area (Å²) in [6.07, 6.45) is -0.281. The zero-order valence-corrected chi connectivity index (χ0v) is 11.6. The number of aliphatic hydroxyl groups excluding tert-OH is 1. The van der Waals surface area contributed by atoms with Crippen LogP contribution >= 0.6 is 0 Å². The Hall–Kier alpha value is -1.44. The Balaban J connectivity index is 2.99. The number of aromatic carboxylic acids is 1. The van der Waals surface area contributed by atoms with Crippen molar-refractivity contribution in [1.29, 1.82) is 0 Å². The van der Waals surface area contributed by atoms with Crippen LogP contribution < -0.4 is 0 Å². The average molecular weight is 287 g/mol. The van der Waals surface area contributed by atoms with Gasteiger partial charge in [0.25, 0.3) is 0 Å². The van der Waals surface area contributed by atoms with E-state index in [1.54, 1.807) is 6.92 Å². The fourth-order valence-corrected chi connectivity index (χ4v) is 2.69. The lowest BCUT2D eigenvalue weighted by Crippen LogP contribution is -2.29. The molecule has 2 N–H and O–H groups in total. The first kappa shape index (κ1) is 15.6. The third kappa shape index (κ3) is 4.02. The summed E-state index contributed by atoms with van der Waals surface area (Å²) < 4.78 is 25.4. The van der Waals surface area contributed by atoms with Gasteiger partial charge in [0.1, 0.15) is 0 Å². The summed E-state index contributed by atoms with van der Waals surface area (Å²) in [7, 11) is -2.34. The molecule has 0 spiro atoms. The summed E-state index contributed by atoms with van der Waals surface area (Å²) in [5, 5.41) is 18.0. The Bertz CT molecular complexity index is 553. The molecule has 0 bridgehead atoms. The number of carbonyl (C=O) groups is 1. The van der Waals surface area contributed by atoms with E-state index in [0.717, 1.165) is 10.4 Å². The average Bonchev–Trinajstić information content (AvgIpc) is 2.35. The van der Waals surface area contributed by atoms with Gasteiger partial charge in [-0.1, -0.05) is 6.07 Å². The molecule has 1 aromatic rings. The van der Waals surface area contributed by atoms with Crippen LogP contribution in [0.1, 0.15) is 23.7 Å². The van der Waals surface area contributed by atoms with Crippen molar-refractivity contribution in [3.05, 3.63) is 29.8 Å². The van der Waals surface area contributed by atoms with Crippen molar-refractivity contribution in [1.82, 2.24) is 4.31 Å². The molecule has 0 aromatic heterocycles. The first-order valence-electron chi connectivity index (χ1n) is 5.73. The molecule has 0 aliphatic heterocycles. The summed E-state index contributed by atoms with van der Waals surface area (Å²) in [6.45, 7) is 1.74. The third-order valence-corrected chi connectivity index (χ3v) is 4.50. The molecule has 0 saturated carbocycles.